The smallest absolute Gasteiger partial charge is 0.319 e. The molecule has 124 valence electrons. The summed E-state index contributed by atoms with van der Waals surface area (Å²) in [6, 6.07) is 11.0. The maximum Gasteiger partial charge on any atom is 0.325 e. The zero-order valence-electron chi connectivity index (χ0n) is 13.3. The molecule has 1 aliphatic heterocycles. The Morgan fingerprint density at radius 2 is 1.83 bits per heavy atom. The lowest BCUT2D eigenvalue weighted by Gasteiger charge is -2.22. The van der Waals surface area contributed by atoms with E-state index in [1.807, 2.05) is 19.1 Å². The van der Waals surface area contributed by atoms with Crippen LogP contribution in [-0.4, -0.2) is 16.8 Å². The maximum absolute atomic E-state index is 14.0. The van der Waals surface area contributed by atoms with Gasteiger partial charge in [-0.2, -0.15) is 0 Å². The number of halogens is 2. The summed E-state index contributed by atoms with van der Waals surface area (Å²) in [5.41, 5.74) is 0.668. The number of carbonyl (C=O) groups is 2. The van der Waals surface area contributed by atoms with Crippen LogP contribution in [0.25, 0.3) is 0 Å². The van der Waals surface area contributed by atoms with Crippen molar-refractivity contribution in [1.82, 2.24) is 10.2 Å². The van der Waals surface area contributed by atoms with Crippen molar-refractivity contribution in [2.75, 3.05) is 0 Å². The fourth-order valence-corrected chi connectivity index (χ4v) is 2.99. The number of urea groups is 1. The lowest BCUT2D eigenvalue weighted by atomic mass is 9.91. The molecule has 1 atom stereocenters. The number of nitrogens with one attached hydrogen (secondary N) is 1. The van der Waals surface area contributed by atoms with E-state index in [0.29, 0.717) is 5.56 Å². The molecule has 0 saturated carbocycles. The molecule has 1 aliphatic rings. The van der Waals surface area contributed by atoms with Crippen LogP contribution < -0.4 is 5.32 Å². The van der Waals surface area contributed by atoms with E-state index in [9.17, 15) is 14.0 Å². The molecule has 0 radical (unpaired) electrons. The lowest BCUT2D eigenvalue weighted by molar-refractivity contribution is -0.131. The number of amides is 3. The number of carbonyl (C=O) groups excluding carboxylic acids is 2. The van der Waals surface area contributed by atoms with E-state index in [0.717, 1.165) is 10.5 Å². The topological polar surface area (TPSA) is 49.4 Å². The van der Waals surface area contributed by atoms with Gasteiger partial charge in [-0.25, -0.2) is 9.18 Å². The molecule has 2 aromatic rings. The predicted molar refractivity (Wildman–Crippen MR) is 89.0 cm³/mol. The van der Waals surface area contributed by atoms with E-state index in [1.165, 1.54) is 18.2 Å². The Labute approximate surface area is 144 Å². The third kappa shape index (κ3) is 2.65. The van der Waals surface area contributed by atoms with Gasteiger partial charge in [0.25, 0.3) is 5.91 Å². The van der Waals surface area contributed by atoms with Gasteiger partial charge in [0.2, 0.25) is 0 Å². The van der Waals surface area contributed by atoms with Crippen molar-refractivity contribution in [2.24, 2.45) is 0 Å². The molecule has 1 fully saturated rings. The van der Waals surface area contributed by atoms with E-state index in [-0.39, 0.29) is 17.1 Å². The molecule has 0 spiro atoms. The molecule has 1 N–H and O–H groups in total. The highest BCUT2D eigenvalue weighted by molar-refractivity contribution is 6.31. The fourth-order valence-electron chi connectivity index (χ4n) is 2.76. The van der Waals surface area contributed by atoms with Crippen LogP contribution in [0.3, 0.4) is 0 Å². The minimum atomic E-state index is -1.18. The number of imide groups is 1. The van der Waals surface area contributed by atoms with Gasteiger partial charge in [0.05, 0.1) is 6.54 Å². The quantitative estimate of drug-likeness (QED) is 0.860. The van der Waals surface area contributed by atoms with Crippen molar-refractivity contribution in [2.45, 2.75) is 25.9 Å². The molecule has 3 rings (SSSR count). The molecule has 0 aromatic heterocycles. The average Bonchev–Trinajstić information content (AvgIpc) is 2.75. The number of benzene rings is 2. The van der Waals surface area contributed by atoms with Crippen LogP contribution >= 0.6 is 11.6 Å². The molecule has 3 amide bonds. The molecular formula is C18H16ClFN2O2. The number of hydrogen-bond acceptors (Lipinski definition) is 2. The van der Waals surface area contributed by atoms with Crippen LogP contribution in [0.15, 0.2) is 42.5 Å². The Balaban J connectivity index is 1.93. The zero-order chi connectivity index (χ0) is 17.5. The Morgan fingerprint density at radius 3 is 2.46 bits per heavy atom. The summed E-state index contributed by atoms with van der Waals surface area (Å²) in [4.78, 5) is 26.1. The molecule has 1 heterocycles. The largest absolute Gasteiger partial charge is 0.325 e. The first-order valence-electron chi connectivity index (χ1n) is 7.47. The molecule has 0 unspecified atom stereocenters. The fraction of sp³-hybridized carbons (Fsp3) is 0.222. The van der Waals surface area contributed by atoms with Crippen LogP contribution in [0.5, 0.6) is 0 Å². The summed E-state index contributed by atoms with van der Waals surface area (Å²) in [6.07, 6.45) is 0. The van der Waals surface area contributed by atoms with Crippen molar-refractivity contribution in [1.29, 1.82) is 0 Å². The Hall–Kier alpha value is -2.40. The van der Waals surface area contributed by atoms with Crippen LogP contribution in [0.4, 0.5) is 9.18 Å². The molecule has 2 aromatic carbocycles. The predicted octanol–water partition coefficient (Wildman–Crippen LogP) is 3.75. The molecule has 4 nitrogen and oxygen atoms in total. The maximum atomic E-state index is 14.0. The van der Waals surface area contributed by atoms with Gasteiger partial charge in [-0.15, -0.1) is 0 Å². The highest BCUT2D eigenvalue weighted by atomic mass is 35.5. The van der Waals surface area contributed by atoms with Crippen LogP contribution in [-0.2, 0) is 16.9 Å². The van der Waals surface area contributed by atoms with Gasteiger partial charge >= 0.3 is 6.03 Å². The van der Waals surface area contributed by atoms with Gasteiger partial charge in [0.15, 0.2) is 0 Å². The number of nitrogens with zero attached hydrogens (tertiary/aromatic N) is 1. The van der Waals surface area contributed by atoms with Crippen LogP contribution in [0.2, 0.25) is 5.02 Å². The van der Waals surface area contributed by atoms with Gasteiger partial charge in [-0.1, -0.05) is 47.5 Å². The third-order valence-corrected chi connectivity index (χ3v) is 4.64. The van der Waals surface area contributed by atoms with Gasteiger partial charge in [-0.05, 0) is 31.5 Å². The molecule has 6 heteroatoms. The van der Waals surface area contributed by atoms with Crippen LogP contribution in [0.1, 0.15) is 23.6 Å². The van der Waals surface area contributed by atoms with Crippen molar-refractivity contribution in [3.8, 4) is 0 Å². The first kappa shape index (κ1) is 16.5. The van der Waals surface area contributed by atoms with E-state index in [1.54, 1.807) is 19.1 Å². The SMILES string of the molecule is Cc1ccc([C@@]2(C)NC(=O)N(Cc3c(F)cccc3Cl)C2=O)cc1. The molecule has 0 aliphatic carbocycles. The summed E-state index contributed by atoms with van der Waals surface area (Å²) in [7, 11) is 0. The van der Waals surface area contributed by atoms with Gasteiger partial charge in [0, 0.05) is 10.6 Å². The second-order valence-electron chi connectivity index (χ2n) is 6.01. The highest BCUT2D eigenvalue weighted by Gasteiger charge is 2.49. The summed E-state index contributed by atoms with van der Waals surface area (Å²) in [5.74, 6) is -0.984. The van der Waals surface area contributed by atoms with Crippen molar-refractivity contribution in [3.63, 3.8) is 0 Å². The van der Waals surface area contributed by atoms with E-state index >= 15 is 0 Å². The molecule has 0 bridgehead atoms. The summed E-state index contributed by atoms with van der Waals surface area (Å²) < 4.78 is 14.0. The minimum Gasteiger partial charge on any atom is -0.319 e. The lowest BCUT2D eigenvalue weighted by Crippen LogP contribution is -2.40. The Bertz CT molecular complexity index is 802. The number of hydrogen-bond donors (Lipinski definition) is 1. The highest BCUT2D eigenvalue weighted by Crippen LogP contribution is 2.31. The molecule has 24 heavy (non-hydrogen) atoms. The number of aryl methyl sites for hydroxylation is 1. The third-order valence-electron chi connectivity index (χ3n) is 4.28. The van der Waals surface area contributed by atoms with E-state index < -0.39 is 23.3 Å². The standard InChI is InChI=1S/C18H16ClFN2O2/c1-11-6-8-12(9-7-11)18(2)16(23)22(17(24)21-18)10-13-14(19)4-3-5-15(13)20/h3-9H,10H2,1-2H3,(H,21,24)/t18-/m1/s1. The second-order valence-corrected chi connectivity index (χ2v) is 6.42. The van der Waals surface area contributed by atoms with Crippen molar-refractivity contribution >= 4 is 23.5 Å². The van der Waals surface area contributed by atoms with Crippen molar-refractivity contribution < 1.29 is 14.0 Å². The monoisotopic (exact) mass is 346 g/mol. The van der Waals surface area contributed by atoms with Crippen LogP contribution in [0, 0.1) is 12.7 Å². The van der Waals surface area contributed by atoms with E-state index in [2.05, 4.69) is 5.32 Å². The summed E-state index contributed by atoms with van der Waals surface area (Å²) >= 11 is 6.00. The zero-order valence-corrected chi connectivity index (χ0v) is 14.0. The van der Waals surface area contributed by atoms with Gasteiger partial charge in [0.1, 0.15) is 11.4 Å². The summed E-state index contributed by atoms with van der Waals surface area (Å²) in [5, 5.41) is 2.88. The first-order chi connectivity index (χ1) is 11.3. The van der Waals surface area contributed by atoms with Gasteiger partial charge in [-0.3, -0.25) is 9.69 Å². The summed E-state index contributed by atoms with van der Waals surface area (Å²) in [6.45, 7) is 3.37. The Kier molecular flexibility index (Phi) is 4.05. The average molecular weight is 347 g/mol. The minimum absolute atomic E-state index is 0.121. The molecule has 1 saturated heterocycles. The number of rotatable bonds is 3. The van der Waals surface area contributed by atoms with Crippen molar-refractivity contribution in [3.05, 3.63) is 70.0 Å². The first-order valence-corrected chi connectivity index (χ1v) is 7.85. The molecular weight excluding hydrogens is 331 g/mol. The van der Waals surface area contributed by atoms with Gasteiger partial charge < -0.3 is 5.32 Å². The second kappa shape index (κ2) is 5.91. The van der Waals surface area contributed by atoms with E-state index in [4.69, 9.17) is 11.6 Å². The Morgan fingerprint density at radius 1 is 1.17 bits per heavy atom. The normalized spacial score (nSPS) is 20.4.